The Morgan fingerprint density at radius 1 is 1.30 bits per heavy atom. The highest BCUT2D eigenvalue weighted by molar-refractivity contribution is 5.77. The number of likely N-dealkylation sites (tertiary alicyclic amines) is 1. The molecule has 0 spiro atoms. The van der Waals surface area contributed by atoms with Gasteiger partial charge in [-0.25, -0.2) is 8.78 Å². The predicted octanol–water partition coefficient (Wildman–Crippen LogP) is 3.33. The van der Waals surface area contributed by atoms with Gasteiger partial charge in [-0.1, -0.05) is 31.2 Å². The van der Waals surface area contributed by atoms with E-state index in [4.69, 9.17) is 0 Å². The van der Waals surface area contributed by atoms with Crippen LogP contribution in [0.25, 0.3) is 0 Å². The molecule has 0 bridgehead atoms. The highest BCUT2D eigenvalue weighted by Gasteiger charge is 2.23. The maximum atomic E-state index is 12.4. The molecule has 1 aromatic rings. The second-order valence-electron chi connectivity index (χ2n) is 6.50. The number of halogens is 2. The van der Waals surface area contributed by atoms with Gasteiger partial charge in [0.1, 0.15) is 0 Å². The summed E-state index contributed by atoms with van der Waals surface area (Å²) in [6.45, 7) is 5.21. The van der Waals surface area contributed by atoms with Gasteiger partial charge < -0.3 is 5.32 Å². The first-order valence-corrected chi connectivity index (χ1v) is 8.31. The number of hydrogen-bond acceptors (Lipinski definition) is 2. The van der Waals surface area contributed by atoms with Crippen molar-refractivity contribution in [2.75, 3.05) is 19.6 Å². The summed E-state index contributed by atoms with van der Waals surface area (Å²) in [5.41, 5.74) is 2.41. The van der Waals surface area contributed by atoms with Crippen LogP contribution < -0.4 is 5.32 Å². The first kappa shape index (κ1) is 17.9. The lowest BCUT2D eigenvalue weighted by Crippen LogP contribution is -2.45. The Balaban J connectivity index is 1.76. The summed E-state index contributed by atoms with van der Waals surface area (Å²) in [5.74, 6) is 0.225. The van der Waals surface area contributed by atoms with Crippen LogP contribution >= 0.6 is 0 Å². The van der Waals surface area contributed by atoms with E-state index in [1.54, 1.807) is 4.90 Å². The zero-order chi connectivity index (χ0) is 16.8. The minimum Gasteiger partial charge on any atom is -0.353 e. The largest absolute Gasteiger partial charge is 0.353 e. The molecule has 1 amide bonds. The van der Waals surface area contributed by atoms with E-state index in [1.807, 2.05) is 12.1 Å². The molecule has 1 saturated heterocycles. The molecule has 5 heteroatoms. The van der Waals surface area contributed by atoms with Gasteiger partial charge in [-0.2, -0.15) is 0 Å². The smallest absolute Gasteiger partial charge is 0.251 e. The van der Waals surface area contributed by atoms with Gasteiger partial charge in [0.2, 0.25) is 5.91 Å². The van der Waals surface area contributed by atoms with Crippen LogP contribution in [0.15, 0.2) is 24.3 Å². The molecule has 2 rings (SSSR count). The number of alkyl halides is 2. The van der Waals surface area contributed by atoms with Gasteiger partial charge in [0.15, 0.2) is 0 Å². The monoisotopic (exact) mass is 324 g/mol. The van der Waals surface area contributed by atoms with Crippen LogP contribution in [0.4, 0.5) is 8.78 Å². The van der Waals surface area contributed by atoms with Crippen molar-refractivity contribution in [2.45, 2.75) is 51.5 Å². The SMILES string of the molecule is Cc1ccccc1C(C)CC(=O)NC1CCN(CC(F)F)CC1. The second kappa shape index (κ2) is 8.39. The van der Waals surface area contributed by atoms with Crippen LogP contribution in [0.5, 0.6) is 0 Å². The van der Waals surface area contributed by atoms with Crippen LogP contribution in [0, 0.1) is 6.92 Å². The molecule has 0 aromatic heterocycles. The summed E-state index contributed by atoms with van der Waals surface area (Å²) in [6, 6.07) is 8.23. The van der Waals surface area contributed by atoms with Crippen molar-refractivity contribution < 1.29 is 13.6 Å². The summed E-state index contributed by atoms with van der Waals surface area (Å²) in [5, 5.41) is 3.06. The number of benzene rings is 1. The summed E-state index contributed by atoms with van der Waals surface area (Å²) in [6.07, 6.45) is -0.327. The van der Waals surface area contributed by atoms with Crippen LogP contribution in [-0.4, -0.2) is 42.9 Å². The lowest BCUT2D eigenvalue weighted by Gasteiger charge is -2.32. The topological polar surface area (TPSA) is 32.3 Å². The molecule has 1 N–H and O–H groups in total. The van der Waals surface area contributed by atoms with Gasteiger partial charge in [-0.3, -0.25) is 9.69 Å². The molecule has 1 aromatic carbocycles. The van der Waals surface area contributed by atoms with Gasteiger partial charge >= 0.3 is 0 Å². The van der Waals surface area contributed by atoms with E-state index in [2.05, 4.69) is 31.3 Å². The minimum atomic E-state index is -2.28. The number of nitrogens with zero attached hydrogens (tertiary/aromatic N) is 1. The van der Waals surface area contributed by atoms with Crippen molar-refractivity contribution in [3.63, 3.8) is 0 Å². The summed E-state index contributed by atoms with van der Waals surface area (Å²) in [7, 11) is 0. The number of hydrogen-bond donors (Lipinski definition) is 1. The quantitative estimate of drug-likeness (QED) is 0.870. The fraction of sp³-hybridized carbons (Fsp3) is 0.611. The molecule has 128 valence electrons. The molecule has 0 aliphatic carbocycles. The molecule has 23 heavy (non-hydrogen) atoms. The molecule has 1 unspecified atom stereocenters. The van der Waals surface area contributed by atoms with Gasteiger partial charge in [0.05, 0.1) is 6.54 Å². The number of carbonyl (C=O) groups excluding carboxylic acids is 1. The van der Waals surface area contributed by atoms with Crippen LogP contribution in [0.2, 0.25) is 0 Å². The zero-order valence-electron chi connectivity index (χ0n) is 13.9. The van der Waals surface area contributed by atoms with Crippen molar-refractivity contribution in [3.05, 3.63) is 35.4 Å². The fourth-order valence-corrected chi connectivity index (χ4v) is 3.27. The van der Waals surface area contributed by atoms with Gasteiger partial charge in [0, 0.05) is 25.6 Å². The van der Waals surface area contributed by atoms with Crippen LogP contribution in [0.1, 0.15) is 43.2 Å². The first-order chi connectivity index (χ1) is 11.0. The summed E-state index contributed by atoms with van der Waals surface area (Å²) < 4.78 is 24.7. The van der Waals surface area contributed by atoms with E-state index in [1.165, 1.54) is 11.1 Å². The molecule has 1 aliphatic heterocycles. The molecule has 0 saturated carbocycles. The van der Waals surface area contributed by atoms with Crippen molar-refractivity contribution in [3.8, 4) is 0 Å². The average Bonchev–Trinajstić information content (AvgIpc) is 2.49. The van der Waals surface area contributed by atoms with Gasteiger partial charge in [-0.05, 0) is 36.8 Å². The molecule has 0 radical (unpaired) electrons. The summed E-state index contributed by atoms with van der Waals surface area (Å²) >= 11 is 0. The van der Waals surface area contributed by atoms with Gasteiger partial charge in [-0.15, -0.1) is 0 Å². The fourth-order valence-electron chi connectivity index (χ4n) is 3.27. The number of carbonyl (C=O) groups is 1. The summed E-state index contributed by atoms with van der Waals surface area (Å²) in [4.78, 5) is 14.0. The van der Waals surface area contributed by atoms with E-state index in [0.717, 1.165) is 12.8 Å². The average molecular weight is 324 g/mol. The normalized spacial score (nSPS) is 18.1. The zero-order valence-corrected chi connectivity index (χ0v) is 13.9. The number of aryl methyl sites for hydroxylation is 1. The van der Waals surface area contributed by atoms with E-state index < -0.39 is 6.43 Å². The van der Waals surface area contributed by atoms with Crippen molar-refractivity contribution >= 4 is 5.91 Å². The predicted molar refractivity (Wildman–Crippen MR) is 87.8 cm³/mol. The number of rotatable bonds is 6. The lowest BCUT2D eigenvalue weighted by molar-refractivity contribution is -0.122. The molecular weight excluding hydrogens is 298 g/mol. The minimum absolute atomic E-state index is 0.0491. The Morgan fingerprint density at radius 3 is 2.57 bits per heavy atom. The van der Waals surface area contributed by atoms with Crippen LogP contribution in [0.3, 0.4) is 0 Å². The Bertz CT molecular complexity index is 513. The molecular formula is C18H26F2N2O. The maximum absolute atomic E-state index is 12.4. The molecule has 1 aliphatic rings. The Morgan fingerprint density at radius 2 is 1.96 bits per heavy atom. The number of nitrogens with one attached hydrogen (secondary N) is 1. The van der Waals surface area contributed by atoms with E-state index in [-0.39, 0.29) is 24.4 Å². The molecule has 1 atom stereocenters. The Labute approximate surface area is 137 Å². The highest BCUT2D eigenvalue weighted by atomic mass is 19.3. The third kappa shape index (κ3) is 5.57. The standard InChI is InChI=1S/C18H26F2N2O/c1-13-5-3-4-6-16(13)14(2)11-18(23)21-15-7-9-22(10-8-15)12-17(19)20/h3-6,14-15,17H,7-12H2,1-2H3,(H,21,23). The van der Waals surface area contributed by atoms with Gasteiger partial charge in [0.25, 0.3) is 6.43 Å². The highest BCUT2D eigenvalue weighted by Crippen LogP contribution is 2.22. The number of amides is 1. The maximum Gasteiger partial charge on any atom is 0.251 e. The van der Waals surface area contributed by atoms with Crippen molar-refractivity contribution in [1.82, 2.24) is 10.2 Å². The Kier molecular flexibility index (Phi) is 6.51. The van der Waals surface area contributed by atoms with Crippen molar-refractivity contribution in [1.29, 1.82) is 0 Å². The number of piperidine rings is 1. The third-order valence-corrected chi connectivity index (χ3v) is 4.56. The third-order valence-electron chi connectivity index (χ3n) is 4.56. The molecule has 1 fully saturated rings. The van der Waals surface area contributed by atoms with Crippen molar-refractivity contribution in [2.24, 2.45) is 0 Å². The molecule has 3 nitrogen and oxygen atoms in total. The van der Waals surface area contributed by atoms with E-state index >= 15 is 0 Å². The molecule has 1 heterocycles. The van der Waals surface area contributed by atoms with Crippen LogP contribution in [-0.2, 0) is 4.79 Å². The second-order valence-corrected chi connectivity index (χ2v) is 6.50. The Hall–Kier alpha value is -1.49. The lowest BCUT2D eigenvalue weighted by atomic mass is 9.93. The van der Waals surface area contributed by atoms with E-state index in [9.17, 15) is 13.6 Å². The first-order valence-electron chi connectivity index (χ1n) is 8.31. The van der Waals surface area contributed by atoms with E-state index in [0.29, 0.717) is 19.5 Å².